The van der Waals surface area contributed by atoms with Gasteiger partial charge in [0.1, 0.15) is 19.0 Å². The van der Waals surface area contributed by atoms with E-state index in [1.165, 1.54) is 0 Å². The molecule has 88 valence electrons. The minimum atomic E-state index is -0.785. The Balaban J connectivity index is 1.97. The van der Waals surface area contributed by atoms with Gasteiger partial charge in [0.05, 0.1) is 0 Å². The first-order chi connectivity index (χ1) is 8.25. The Morgan fingerprint density at radius 1 is 1.06 bits per heavy atom. The number of hydrogen-bond acceptors (Lipinski definition) is 3. The molecule has 0 aliphatic heterocycles. The summed E-state index contributed by atoms with van der Waals surface area (Å²) in [5, 5.41) is 2.27. The second-order valence-corrected chi connectivity index (χ2v) is 3.52. The van der Waals surface area contributed by atoms with Gasteiger partial charge in [-0.25, -0.2) is 4.79 Å². The Labute approximate surface area is 98.9 Å². The predicted octanol–water partition coefficient (Wildman–Crippen LogP) is 2.31. The second-order valence-electron chi connectivity index (χ2n) is 3.52. The summed E-state index contributed by atoms with van der Waals surface area (Å²) in [7, 11) is 0. The zero-order chi connectivity index (χ0) is 12.1. The molecule has 4 heteroatoms. The Morgan fingerprint density at radius 2 is 1.82 bits per heavy atom. The van der Waals surface area contributed by atoms with Gasteiger partial charge in [0, 0.05) is 0 Å². The van der Waals surface area contributed by atoms with Crippen molar-refractivity contribution in [3.8, 4) is 5.75 Å². The van der Waals surface area contributed by atoms with Gasteiger partial charge in [-0.05, 0) is 22.9 Å². The average Bonchev–Trinajstić information content (AvgIpc) is 2.34. The summed E-state index contributed by atoms with van der Waals surface area (Å²) in [4.78, 5) is 10.3. The van der Waals surface area contributed by atoms with E-state index < -0.39 is 6.09 Å². The molecule has 2 N–H and O–H groups in total. The molecule has 0 spiro atoms. The lowest BCUT2D eigenvalue weighted by Crippen LogP contribution is -2.17. The first-order valence-electron chi connectivity index (χ1n) is 5.29. The first-order valence-corrected chi connectivity index (χ1v) is 5.29. The van der Waals surface area contributed by atoms with E-state index >= 15 is 0 Å². The van der Waals surface area contributed by atoms with Crippen molar-refractivity contribution in [3.63, 3.8) is 0 Å². The molecule has 0 radical (unpaired) electrons. The minimum Gasteiger partial charge on any atom is -0.490 e. The van der Waals surface area contributed by atoms with Crippen molar-refractivity contribution < 1.29 is 14.3 Å². The van der Waals surface area contributed by atoms with E-state index in [-0.39, 0.29) is 6.61 Å². The molecule has 0 aliphatic rings. The van der Waals surface area contributed by atoms with Crippen LogP contribution in [0.1, 0.15) is 0 Å². The van der Waals surface area contributed by atoms with E-state index in [0.29, 0.717) is 6.61 Å². The lowest BCUT2D eigenvalue weighted by Gasteiger charge is -2.07. The number of rotatable bonds is 4. The van der Waals surface area contributed by atoms with Gasteiger partial charge < -0.3 is 15.2 Å². The molecule has 0 bridgehead atoms. The van der Waals surface area contributed by atoms with Crippen molar-refractivity contribution in [1.29, 1.82) is 0 Å². The third-order valence-corrected chi connectivity index (χ3v) is 2.32. The van der Waals surface area contributed by atoms with E-state index in [0.717, 1.165) is 16.5 Å². The summed E-state index contributed by atoms with van der Waals surface area (Å²) >= 11 is 0. The SMILES string of the molecule is NC(=O)OCCOc1ccc2ccccc2c1. The summed E-state index contributed by atoms with van der Waals surface area (Å²) in [6.07, 6.45) is -0.785. The summed E-state index contributed by atoms with van der Waals surface area (Å²) in [6.45, 7) is 0.448. The molecule has 0 aromatic heterocycles. The van der Waals surface area contributed by atoms with Crippen LogP contribution in [0.25, 0.3) is 10.8 Å². The maximum Gasteiger partial charge on any atom is 0.404 e. The molecule has 2 aromatic carbocycles. The largest absolute Gasteiger partial charge is 0.490 e. The third kappa shape index (κ3) is 3.11. The van der Waals surface area contributed by atoms with Gasteiger partial charge in [-0.3, -0.25) is 0 Å². The van der Waals surface area contributed by atoms with Crippen molar-refractivity contribution in [1.82, 2.24) is 0 Å². The van der Waals surface area contributed by atoms with Crippen LogP contribution in [0.15, 0.2) is 42.5 Å². The van der Waals surface area contributed by atoms with Gasteiger partial charge in [-0.1, -0.05) is 30.3 Å². The molecule has 0 saturated heterocycles. The summed E-state index contributed by atoms with van der Waals surface area (Å²) < 4.78 is 10.00. The molecule has 0 heterocycles. The van der Waals surface area contributed by atoms with Gasteiger partial charge in [0.25, 0.3) is 0 Å². The highest BCUT2D eigenvalue weighted by molar-refractivity contribution is 5.83. The van der Waals surface area contributed by atoms with E-state index in [4.69, 9.17) is 10.5 Å². The number of fused-ring (bicyclic) bond motifs is 1. The van der Waals surface area contributed by atoms with Gasteiger partial charge in [0.2, 0.25) is 0 Å². The standard InChI is InChI=1S/C13H13NO3/c14-13(15)17-8-7-16-12-6-5-10-3-1-2-4-11(10)9-12/h1-6,9H,7-8H2,(H2,14,15). The monoisotopic (exact) mass is 231 g/mol. The number of carbonyl (C=O) groups excluding carboxylic acids is 1. The molecular weight excluding hydrogens is 218 g/mol. The summed E-state index contributed by atoms with van der Waals surface area (Å²) in [5.41, 5.74) is 4.83. The van der Waals surface area contributed by atoms with Crippen LogP contribution in [-0.2, 0) is 4.74 Å². The average molecular weight is 231 g/mol. The highest BCUT2D eigenvalue weighted by Crippen LogP contribution is 2.20. The van der Waals surface area contributed by atoms with Crippen LogP contribution in [0.3, 0.4) is 0 Å². The molecule has 0 fully saturated rings. The fraction of sp³-hybridized carbons (Fsp3) is 0.154. The zero-order valence-corrected chi connectivity index (χ0v) is 9.26. The Hall–Kier alpha value is -2.23. The molecule has 1 amide bonds. The number of carbonyl (C=O) groups is 1. The van der Waals surface area contributed by atoms with Crippen molar-refractivity contribution in [2.45, 2.75) is 0 Å². The molecule has 0 saturated carbocycles. The van der Waals surface area contributed by atoms with Crippen molar-refractivity contribution in [2.75, 3.05) is 13.2 Å². The summed E-state index contributed by atoms with van der Waals surface area (Å²) in [6, 6.07) is 13.8. The topological polar surface area (TPSA) is 61.6 Å². The van der Waals surface area contributed by atoms with Crippen molar-refractivity contribution in [3.05, 3.63) is 42.5 Å². The smallest absolute Gasteiger partial charge is 0.404 e. The quantitative estimate of drug-likeness (QED) is 0.821. The molecule has 2 rings (SSSR count). The van der Waals surface area contributed by atoms with Crippen LogP contribution < -0.4 is 10.5 Å². The van der Waals surface area contributed by atoms with Gasteiger partial charge >= 0.3 is 6.09 Å². The van der Waals surface area contributed by atoms with E-state index in [9.17, 15) is 4.79 Å². The van der Waals surface area contributed by atoms with Crippen molar-refractivity contribution in [2.24, 2.45) is 5.73 Å². The van der Waals surface area contributed by atoms with Crippen LogP contribution in [0.2, 0.25) is 0 Å². The van der Waals surface area contributed by atoms with Gasteiger partial charge in [-0.2, -0.15) is 0 Å². The number of hydrogen-bond donors (Lipinski definition) is 1. The highest BCUT2D eigenvalue weighted by atomic mass is 16.6. The normalized spacial score (nSPS) is 10.1. The lowest BCUT2D eigenvalue weighted by molar-refractivity contribution is 0.134. The highest BCUT2D eigenvalue weighted by Gasteiger charge is 1.98. The predicted molar refractivity (Wildman–Crippen MR) is 65.0 cm³/mol. The molecule has 0 unspecified atom stereocenters. The number of amides is 1. The lowest BCUT2D eigenvalue weighted by atomic mass is 10.1. The molecule has 17 heavy (non-hydrogen) atoms. The maximum absolute atomic E-state index is 10.3. The fourth-order valence-corrected chi connectivity index (χ4v) is 1.56. The van der Waals surface area contributed by atoms with E-state index in [2.05, 4.69) is 4.74 Å². The minimum absolute atomic E-state index is 0.155. The molecule has 0 atom stereocenters. The maximum atomic E-state index is 10.3. The number of benzene rings is 2. The van der Waals surface area contributed by atoms with Gasteiger partial charge in [-0.15, -0.1) is 0 Å². The Morgan fingerprint density at radius 3 is 2.59 bits per heavy atom. The number of nitrogens with two attached hydrogens (primary N) is 1. The molecular formula is C13H13NO3. The van der Waals surface area contributed by atoms with Crippen LogP contribution in [0.5, 0.6) is 5.75 Å². The van der Waals surface area contributed by atoms with Crippen LogP contribution in [0, 0.1) is 0 Å². The third-order valence-electron chi connectivity index (χ3n) is 2.32. The number of primary amides is 1. The first kappa shape index (κ1) is 11.3. The molecule has 2 aromatic rings. The van der Waals surface area contributed by atoms with Crippen molar-refractivity contribution >= 4 is 16.9 Å². The summed E-state index contributed by atoms with van der Waals surface area (Å²) in [5.74, 6) is 0.747. The molecule has 0 aliphatic carbocycles. The number of ether oxygens (including phenoxy) is 2. The van der Waals surface area contributed by atoms with Gasteiger partial charge in [0.15, 0.2) is 0 Å². The molecule has 4 nitrogen and oxygen atoms in total. The Bertz CT molecular complexity index is 525. The van der Waals surface area contributed by atoms with E-state index in [1.807, 2.05) is 42.5 Å². The Kier molecular flexibility index (Phi) is 3.45. The zero-order valence-electron chi connectivity index (χ0n) is 9.26. The fourth-order valence-electron chi connectivity index (χ4n) is 1.56. The van der Waals surface area contributed by atoms with Crippen LogP contribution in [0.4, 0.5) is 4.79 Å². The second kappa shape index (κ2) is 5.21. The van der Waals surface area contributed by atoms with Crippen LogP contribution >= 0.6 is 0 Å². The van der Waals surface area contributed by atoms with E-state index in [1.54, 1.807) is 0 Å². The van der Waals surface area contributed by atoms with Crippen LogP contribution in [-0.4, -0.2) is 19.3 Å².